The maximum Gasteiger partial charge on any atom is 0.337 e. The Labute approximate surface area is 182 Å². The highest BCUT2D eigenvalue weighted by Gasteiger charge is 2.10. The van der Waals surface area contributed by atoms with Crippen LogP contribution in [0.25, 0.3) is 22.0 Å². The Morgan fingerprint density at radius 1 is 0.906 bits per heavy atom. The maximum atomic E-state index is 11.5. The van der Waals surface area contributed by atoms with Crippen LogP contribution in [0.15, 0.2) is 67.1 Å². The summed E-state index contributed by atoms with van der Waals surface area (Å²) in [6, 6.07) is 13.6. The number of aromatic nitrogens is 3. The Morgan fingerprint density at radius 2 is 1.69 bits per heavy atom. The van der Waals surface area contributed by atoms with Crippen LogP contribution in [-0.4, -0.2) is 45.1 Å². The molecule has 160 valence electrons. The predicted octanol–water partition coefficient (Wildman–Crippen LogP) is 2.95. The summed E-state index contributed by atoms with van der Waals surface area (Å²) in [5.41, 5.74) is 7.92. The molecule has 1 amide bonds. The number of nitrogens with two attached hydrogens (primary N) is 1. The van der Waals surface area contributed by atoms with Gasteiger partial charge in [-0.15, -0.1) is 0 Å². The summed E-state index contributed by atoms with van der Waals surface area (Å²) in [5.74, 6) is -0.668. The van der Waals surface area contributed by atoms with Gasteiger partial charge in [0.05, 0.1) is 11.1 Å². The van der Waals surface area contributed by atoms with Crippen molar-refractivity contribution >= 4 is 22.8 Å². The molecule has 0 radical (unpaired) electrons. The second kappa shape index (κ2) is 9.09. The number of aromatic carboxylic acids is 1. The van der Waals surface area contributed by atoms with Crippen molar-refractivity contribution in [3.05, 3.63) is 78.4 Å². The van der Waals surface area contributed by atoms with E-state index in [4.69, 9.17) is 20.3 Å². The molecular formula is C23H18N4O5. The molecule has 0 aliphatic rings. The number of primary amides is 1. The lowest BCUT2D eigenvalue weighted by atomic mass is 10.0. The minimum atomic E-state index is -1.04. The van der Waals surface area contributed by atoms with Crippen LogP contribution in [0.1, 0.15) is 20.8 Å². The van der Waals surface area contributed by atoms with Crippen molar-refractivity contribution in [2.24, 2.45) is 5.73 Å². The van der Waals surface area contributed by atoms with Gasteiger partial charge >= 0.3 is 5.97 Å². The van der Waals surface area contributed by atoms with Gasteiger partial charge in [0.25, 0.3) is 5.91 Å². The van der Waals surface area contributed by atoms with E-state index in [-0.39, 0.29) is 24.5 Å². The van der Waals surface area contributed by atoms with Gasteiger partial charge in [-0.25, -0.2) is 14.8 Å². The highest BCUT2D eigenvalue weighted by molar-refractivity contribution is 5.97. The SMILES string of the molecule is NC(=O)c1ccc2cncc(-c3ccc(OCCOc4ccc(C(=O)O)cn4)cc3)c2n1. The van der Waals surface area contributed by atoms with E-state index in [0.29, 0.717) is 17.1 Å². The number of ether oxygens (including phenoxy) is 2. The van der Waals surface area contributed by atoms with Crippen molar-refractivity contribution in [2.75, 3.05) is 13.2 Å². The molecule has 3 heterocycles. The zero-order chi connectivity index (χ0) is 22.5. The average molecular weight is 430 g/mol. The van der Waals surface area contributed by atoms with Gasteiger partial charge in [0.2, 0.25) is 5.88 Å². The van der Waals surface area contributed by atoms with Crippen molar-refractivity contribution in [1.29, 1.82) is 0 Å². The first-order chi connectivity index (χ1) is 15.5. The van der Waals surface area contributed by atoms with E-state index in [2.05, 4.69) is 15.0 Å². The fraction of sp³-hybridized carbons (Fsp3) is 0.0870. The monoisotopic (exact) mass is 430 g/mol. The van der Waals surface area contributed by atoms with E-state index < -0.39 is 11.9 Å². The summed E-state index contributed by atoms with van der Waals surface area (Å²) < 4.78 is 11.1. The summed E-state index contributed by atoms with van der Waals surface area (Å²) in [7, 11) is 0. The van der Waals surface area contributed by atoms with Crippen LogP contribution in [0.3, 0.4) is 0 Å². The molecule has 4 aromatic rings. The van der Waals surface area contributed by atoms with Crippen LogP contribution in [-0.2, 0) is 0 Å². The molecule has 0 aliphatic heterocycles. The molecule has 32 heavy (non-hydrogen) atoms. The standard InChI is InChI=1S/C23H18N4O5/c24-22(28)19-7-3-15-11-25-13-18(21(15)27-19)14-1-5-17(6-2-14)31-9-10-32-20-8-4-16(12-26-20)23(29)30/h1-8,11-13H,9-10H2,(H2,24,28)(H,29,30). The van der Waals surface area contributed by atoms with Crippen LogP contribution in [0.4, 0.5) is 0 Å². The first-order valence-corrected chi connectivity index (χ1v) is 9.61. The Balaban J connectivity index is 1.40. The minimum absolute atomic E-state index is 0.0936. The van der Waals surface area contributed by atoms with Gasteiger partial charge in [-0.3, -0.25) is 9.78 Å². The fourth-order valence-corrected chi connectivity index (χ4v) is 3.02. The van der Waals surface area contributed by atoms with Crippen LogP contribution < -0.4 is 15.2 Å². The molecule has 0 spiro atoms. The van der Waals surface area contributed by atoms with Gasteiger partial charge in [-0.1, -0.05) is 12.1 Å². The van der Waals surface area contributed by atoms with Gasteiger partial charge in [0.15, 0.2) is 0 Å². The molecule has 4 rings (SSSR count). The number of nitrogens with zero attached hydrogens (tertiary/aromatic N) is 3. The number of benzene rings is 1. The summed E-state index contributed by atoms with van der Waals surface area (Å²) in [6.07, 6.45) is 4.60. The summed E-state index contributed by atoms with van der Waals surface area (Å²) in [6.45, 7) is 0.523. The summed E-state index contributed by atoms with van der Waals surface area (Å²) >= 11 is 0. The van der Waals surface area contributed by atoms with Crippen LogP contribution in [0.2, 0.25) is 0 Å². The molecule has 1 aromatic carbocycles. The normalized spacial score (nSPS) is 10.6. The third-order valence-electron chi connectivity index (χ3n) is 4.60. The molecule has 3 aromatic heterocycles. The maximum absolute atomic E-state index is 11.5. The zero-order valence-electron chi connectivity index (χ0n) is 16.8. The number of amides is 1. The number of hydrogen-bond acceptors (Lipinski definition) is 7. The molecule has 9 heteroatoms. The van der Waals surface area contributed by atoms with Gasteiger partial charge in [0.1, 0.15) is 24.7 Å². The molecule has 0 bridgehead atoms. The van der Waals surface area contributed by atoms with Crippen LogP contribution >= 0.6 is 0 Å². The molecule has 0 fully saturated rings. The lowest BCUT2D eigenvalue weighted by Crippen LogP contribution is -2.12. The first kappa shape index (κ1) is 20.7. The molecular weight excluding hydrogens is 412 g/mol. The molecule has 9 nitrogen and oxygen atoms in total. The van der Waals surface area contributed by atoms with Crippen molar-refractivity contribution in [3.8, 4) is 22.8 Å². The Bertz CT molecular complexity index is 1270. The lowest BCUT2D eigenvalue weighted by Gasteiger charge is -2.10. The van der Waals surface area contributed by atoms with E-state index in [0.717, 1.165) is 16.5 Å². The van der Waals surface area contributed by atoms with Crippen LogP contribution in [0.5, 0.6) is 11.6 Å². The Morgan fingerprint density at radius 3 is 2.38 bits per heavy atom. The third-order valence-corrected chi connectivity index (χ3v) is 4.60. The van der Waals surface area contributed by atoms with Gasteiger partial charge < -0.3 is 20.3 Å². The van der Waals surface area contributed by atoms with Crippen LogP contribution in [0, 0.1) is 0 Å². The number of fused-ring (bicyclic) bond motifs is 1. The number of rotatable bonds is 8. The number of carbonyl (C=O) groups is 2. The Hall–Kier alpha value is -4.53. The average Bonchev–Trinajstić information content (AvgIpc) is 2.82. The minimum Gasteiger partial charge on any atom is -0.490 e. The highest BCUT2D eigenvalue weighted by Crippen LogP contribution is 2.28. The highest BCUT2D eigenvalue weighted by atomic mass is 16.5. The molecule has 0 saturated carbocycles. The number of hydrogen-bond donors (Lipinski definition) is 2. The molecule has 3 N–H and O–H groups in total. The van der Waals surface area contributed by atoms with Gasteiger partial charge in [0, 0.05) is 35.6 Å². The zero-order valence-corrected chi connectivity index (χ0v) is 16.8. The molecule has 0 saturated heterocycles. The summed E-state index contributed by atoms with van der Waals surface area (Å²) in [4.78, 5) is 34.9. The van der Waals surface area contributed by atoms with E-state index in [9.17, 15) is 9.59 Å². The quantitative estimate of drug-likeness (QED) is 0.407. The predicted molar refractivity (Wildman–Crippen MR) is 116 cm³/mol. The third kappa shape index (κ3) is 4.62. The van der Waals surface area contributed by atoms with Gasteiger partial charge in [-0.05, 0) is 35.9 Å². The second-order valence-electron chi connectivity index (χ2n) is 6.73. The van der Waals surface area contributed by atoms with Crippen molar-refractivity contribution in [2.45, 2.75) is 0 Å². The molecule has 0 unspecified atom stereocenters. The first-order valence-electron chi connectivity index (χ1n) is 9.61. The largest absolute Gasteiger partial charge is 0.490 e. The van der Waals surface area contributed by atoms with Crippen molar-refractivity contribution in [1.82, 2.24) is 15.0 Å². The second-order valence-corrected chi connectivity index (χ2v) is 6.73. The van der Waals surface area contributed by atoms with E-state index >= 15 is 0 Å². The van der Waals surface area contributed by atoms with Crippen molar-refractivity contribution < 1.29 is 24.2 Å². The van der Waals surface area contributed by atoms with Crippen molar-refractivity contribution in [3.63, 3.8) is 0 Å². The smallest absolute Gasteiger partial charge is 0.337 e. The topological polar surface area (TPSA) is 138 Å². The fourth-order valence-electron chi connectivity index (χ4n) is 3.02. The lowest BCUT2D eigenvalue weighted by molar-refractivity contribution is 0.0696. The number of pyridine rings is 3. The Kier molecular flexibility index (Phi) is 5.89. The number of carboxylic acids is 1. The van der Waals surface area contributed by atoms with Gasteiger partial charge in [-0.2, -0.15) is 0 Å². The summed E-state index contributed by atoms with van der Waals surface area (Å²) in [5, 5.41) is 9.67. The molecule has 0 atom stereocenters. The number of carboxylic acid groups (broad SMARTS) is 1. The van der Waals surface area contributed by atoms with E-state index in [1.54, 1.807) is 24.5 Å². The number of carbonyl (C=O) groups excluding carboxylic acids is 1. The van der Waals surface area contributed by atoms with E-state index in [1.165, 1.54) is 18.3 Å². The molecule has 0 aliphatic carbocycles. The van der Waals surface area contributed by atoms with E-state index in [1.807, 2.05) is 24.3 Å².